The number of carbonyl (C=O) groups is 1. The molecule has 4 rings (SSSR count). The molecule has 0 aliphatic heterocycles. The lowest BCUT2D eigenvalue weighted by Gasteiger charge is -2.15. The second-order valence-electron chi connectivity index (χ2n) is 6.27. The van der Waals surface area contributed by atoms with Crippen molar-refractivity contribution in [1.82, 2.24) is 19.7 Å². The minimum absolute atomic E-state index is 0.248. The lowest BCUT2D eigenvalue weighted by Crippen LogP contribution is -2.10. The summed E-state index contributed by atoms with van der Waals surface area (Å²) in [5, 5.41) is 16.6. The average molecular weight is 422 g/mol. The third-order valence-corrected chi connectivity index (χ3v) is 5.40. The fourth-order valence-electron chi connectivity index (χ4n) is 3.19. The van der Waals surface area contributed by atoms with Crippen LogP contribution in [-0.4, -0.2) is 44.9 Å². The van der Waals surface area contributed by atoms with Crippen LogP contribution in [0, 0.1) is 0 Å². The molecule has 0 bridgehead atoms. The van der Waals surface area contributed by atoms with Crippen molar-refractivity contribution in [2.45, 2.75) is 6.61 Å². The van der Waals surface area contributed by atoms with Crippen LogP contribution in [0.3, 0.4) is 0 Å². The number of aromatic nitrogens is 4. The molecule has 1 N–H and O–H groups in total. The Kier molecular flexibility index (Phi) is 5.55. The zero-order chi connectivity index (χ0) is 21.1. The largest absolute Gasteiger partial charge is 0.493 e. The molecule has 0 amide bonds. The fourth-order valence-corrected chi connectivity index (χ4v) is 3.83. The number of ether oxygens (including phenoxy) is 2. The van der Waals surface area contributed by atoms with Crippen molar-refractivity contribution < 1.29 is 19.4 Å². The van der Waals surface area contributed by atoms with Gasteiger partial charge in [-0.3, -0.25) is 4.79 Å². The molecule has 0 spiro atoms. The van der Waals surface area contributed by atoms with E-state index >= 15 is 0 Å². The topological polar surface area (TPSA) is 99.4 Å². The van der Waals surface area contributed by atoms with Gasteiger partial charge in [-0.1, -0.05) is 6.07 Å². The van der Waals surface area contributed by atoms with Crippen molar-refractivity contribution in [3.05, 3.63) is 71.3 Å². The van der Waals surface area contributed by atoms with Gasteiger partial charge in [0.2, 0.25) is 0 Å². The summed E-state index contributed by atoms with van der Waals surface area (Å²) in [6, 6.07) is 8.64. The van der Waals surface area contributed by atoms with Gasteiger partial charge in [-0.05, 0) is 24.3 Å². The van der Waals surface area contributed by atoms with E-state index in [2.05, 4.69) is 15.1 Å². The number of ketones is 1. The Hall–Kier alpha value is -3.56. The first kappa shape index (κ1) is 19.7. The molecule has 0 radical (unpaired) electrons. The first-order valence-corrected chi connectivity index (χ1v) is 9.83. The first-order chi connectivity index (χ1) is 14.7. The summed E-state index contributed by atoms with van der Waals surface area (Å²) in [6.07, 6.45) is 4.67. The zero-order valence-corrected chi connectivity index (χ0v) is 17.1. The Morgan fingerprint density at radius 3 is 2.70 bits per heavy atom. The van der Waals surface area contributed by atoms with E-state index in [1.807, 2.05) is 17.5 Å². The SMILES string of the molecule is COc1cc(C(=O)c2ccc(-c3nccs3)cc2-n2cncn2)cc(CO)c1OC. The van der Waals surface area contributed by atoms with Gasteiger partial charge in [0.1, 0.15) is 17.7 Å². The average Bonchev–Trinajstić information content (AvgIpc) is 3.51. The van der Waals surface area contributed by atoms with Crippen molar-refractivity contribution in [1.29, 1.82) is 0 Å². The van der Waals surface area contributed by atoms with E-state index in [1.54, 1.807) is 24.4 Å². The number of aliphatic hydroxyl groups excluding tert-OH is 1. The molecule has 0 aliphatic carbocycles. The van der Waals surface area contributed by atoms with Crippen LogP contribution in [0.25, 0.3) is 16.3 Å². The smallest absolute Gasteiger partial charge is 0.195 e. The summed E-state index contributed by atoms with van der Waals surface area (Å²) in [5.74, 6) is 0.517. The summed E-state index contributed by atoms with van der Waals surface area (Å²) >= 11 is 1.51. The predicted molar refractivity (Wildman–Crippen MR) is 111 cm³/mol. The molecule has 2 aromatic heterocycles. The molecule has 0 aliphatic rings. The molecule has 0 unspecified atom stereocenters. The summed E-state index contributed by atoms with van der Waals surface area (Å²) in [6.45, 7) is -0.292. The molecule has 0 fully saturated rings. The van der Waals surface area contributed by atoms with E-state index in [4.69, 9.17) is 9.47 Å². The Balaban J connectivity index is 1.85. The maximum Gasteiger partial charge on any atom is 0.195 e. The van der Waals surface area contributed by atoms with Crippen LogP contribution in [0.15, 0.2) is 54.6 Å². The van der Waals surface area contributed by atoms with E-state index in [0.717, 1.165) is 10.6 Å². The zero-order valence-electron chi connectivity index (χ0n) is 16.3. The monoisotopic (exact) mass is 422 g/mol. The normalized spacial score (nSPS) is 10.8. The number of hydrogen-bond donors (Lipinski definition) is 1. The second kappa shape index (κ2) is 8.44. The number of carbonyl (C=O) groups excluding carboxylic acids is 1. The Bertz CT molecular complexity index is 1150. The molecule has 4 aromatic rings. The van der Waals surface area contributed by atoms with Crippen molar-refractivity contribution in [2.24, 2.45) is 0 Å². The van der Waals surface area contributed by atoms with Gasteiger partial charge in [-0.2, -0.15) is 5.10 Å². The molecule has 9 heteroatoms. The minimum Gasteiger partial charge on any atom is -0.493 e. The van der Waals surface area contributed by atoms with Crippen molar-refractivity contribution in [3.63, 3.8) is 0 Å². The summed E-state index contributed by atoms with van der Waals surface area (Å²) in [7, 11) is 2.97. The maximum atomic E-state index is 13.4. The number of benzene rings is 2. The van der Waals surface area contributed by atoms with Gasteiger partial charge in [0.05, 0.1) is 26.5 Å². The van der Waals surface area contributed by atoms with Crippen LogP contribution < -0.4 is 9.47 Å². The van der Waals surface area contributed by atoms with E-state index in [-0.39, 0.29) is 12.4 Å². The molecule has 30 heavy (non-hydrogen) atoms. The van der Waals surface area contributed by atoms with Crippen LogP contribution in [0.5, 0.6) is 11.5 Å². The highest BCUT2D eigenvalue weighted by Crippen LogP contribution is 2.34. The van der Waals surface area contributed by atoms with E-state index in [9.17, 15) is 9.90 Å². The summed E-state index contributed by atoms with van der Waals surface area (Å²) < 4.78 is 12.2. The third-order valence-electron chi connectivity index (χ3n) is 4.58. The molecule has 0 atom stereocenters. The third kappa shape index (κ3) is 3.56. The van der Waals surface area contributed by atoms with Gasteiger partial charge >= 0.3 is 0 Å². The molecular formula is C21H18N4O4S. The molecule has 0 saturated carbocycles. The van der Waals surface area contributed by atoms with Crippen molar-refractivity contribution in [3.8, 4) is 27.8 Å². The molecule has 152 valence electrons. The second-order valence-corrected chi connectivity index (χ2v) is 7.16. The highest BCUT2D eigenvalue weighted by atomic mass is 32.1. The number of rotatable bonds is 7. The predicted octanol–water partition coefficient (Wildman–Crippen LogP) is 3.13. The fraction of sp³-hybridized carbons (Fsp3) is 0.143. The van der Waals surface area contributed by atoms with E-state index in [1.165, 1.54) is 42.9 Å². The van der Waals surface area contributed by atoms with Crippen LogP contribution in [-0.2, 0) is 6.61 Å². The van der Waals surface area contributed by atoms with Gasteiger partial charge < -0.3 is 14.6 Å². The number of methoxy groups -OCH3 is 2. The summed E-state index contributed by atoms with van der Waals surface area (Å²) in [5.41, 5.74) is 2.69. The van der Waals surface area contributed by atoms with Crippen LogP contribution >= 0.6 is 11.3 Å². The van der Waals surface area contributed by atoms with Crippen LogP contribution in [0.1, 0.15) is 21.5 Å². The van der Waals surface area contributed by atoms with Gasteiger partial charge in [-0.25, -0.2) is 14.6 Å². The van der Waals surface area contributed by atoms with Crippen molar-refractivity contribution >= 4 is 17.1 Å². The minimum atomic E-state index is -0.292. The highest BCUT2D eigenvalue weighted by Gasteiger charge is 2.21. The highest BCUT2D eigenvalue weighted by molar-refractivity contribution is 7.13. The number of hydrogen-bond acceptors (Lipinski definition) is 8. The standard InChI is InChI=1S/C21H18N4O4S/c1-28-18-9-14(7-15(10-26)20(18)29-2)19(27)16-4-3-13(21-23-5-6-30-21)8-17(16)25-12-22-11-24-25/h3-9,11-12,26H,10H2,1-2H3. The Labute approximate surface area is 176 Å². The van der Waals surface area contributed by atoms with Gasteiger partial charge in [0.25, 0.3) is 0 Å². The molecule has 0 saturated heterocycles. The van der Waals surface area contributed by atoms with Gasteiger partial charge in [0.15, 0.2) is 17.3 Å². The molecular weight excluding hydrogens is 404 g/mol. The summed E-state index contributed by atoms with van der Waals surface area (Å²) in [4.78, 5) is 21.8. The van der Waals surface area contributed by atoms with E-state index < -0.39 is 0 Å². The first-order valence-electron chi connectivity index (χ1n) is 8.95. The van der Waals surface area contributed by atoms with Gasteiger partial charge in [-0.15, -0.1) is 11.3 Å². The molecule has 8 nitrogen and oxygen atoms in total. The molecule has 2 heterocycles. The van der Waals surface area contributed by atoms with Gasteiger partial charge in [0, 0.05) is 33.8 Å². The van der Waals surface area contributed by atoms with Crippen LogP contribution in [0.4, 0.5) is 0 Å². The Morgan fingerprint density at radius 1 is 1.20 bits per heavy atom. The number of thiazole rings is 1. The number of nitrogens with zero attached hydrogens (tertiary/aromatic N) is 4. The lowest BCUT2D eigenvalue weighted by molar-refractivity contribution is 0.103. The van der Waals surface area contributed by atoms with E-state index in [0.29, 0.717) is 33.9 Å². The van der Waals surface area contributed by atoms with Crippen molar-refractivity contribution in [2.75, 3.05) is 14.2 Å². The maximum absolute atomic E-state index is 13.4. The quantitative estimate of drug-likeness (QED) is 0.457. The molecule has 2 aromatic carbocycles. The lowest BCUT2D eigenvalue weighted by atomic mass is 9.97. The Morgan fingerprint density at radius 2 is 2.07 bits per heavy atom. The number of aliphatic hydroxyl groups is 1. The van der Waals surface area contributed by atoms with Crippen LogP contribution in [0.2, 0.25) is 0 Å².